The first-order valence-electron chi connectivity index (χ1n) is 30.5. The molecule has 18 aromatic rings. The summed E-state index contributed by atoms with van der Waals surface area (Å²) in [5.74, 6) is 0. The predicted octanol–water partition coefficient (Wildman–Crippen LogP) is 19.9. The topological polar surface area (TPSA) is 129 Å². The quantitative estimate of drug-likeness (QED) is 0.107. The first kappa shape index (κ1) is 53.6. The van der Waals surface area contributed by atoms with Crippen LogP contribution in [0.15, 0.2) is 304 Å². The largest absolute Gasteiger partial charge is 0.256 e. The lowest BCUT2D eigenvalue weighted by Gasteiger charge is -2.13. The van der Waals surface area contributed by atoms with Crippen LogP contribution < -0.4 is 0 Å². The Kier molecular flexibility index (Phi) is 13.3. The number of benzene rings is 8. The summed E-state index contributed by atoms with van der Waals surface area (Å²) < 4.78 is 0. The molecule has 10 aromatic heterocycles. The van der Waals surface area contributed by atoms with Gasteiger partial charge in [-0.05, 0) is 108 Å². The number of pyridine rings is 10. The van der Waals surface area contributed by atoms with Gasteiger partial charge in [0.1, 0.15) is 0 Å². The van der Waals surface area contributed by atoms with Gasteiger partial charge < -0.3 is 0 Å². The maximum Gasteiger partial charge on any atom is 0.0978 e. The monoisotopic (exact) mass is 1170 g/mol. The summed E-state index contributed by atoms with van der Waals surface area (Å²) in [6, 6.07) is 95.5. The SMILES string of the molecule is c1ccc(-c2c3ccccc3nc3c2ccc2ccc(-c4ccc(-c5ccc6ccc(-c7ccccn7)nc6c5)cn4)nc23)cc1.c1ccc(-c2c3ccccc3nc3c2ccc2ccc(-c4ccc(-c5ccc6ccc(-c7ccccn7)nc6c5)nc4)nc23)cc1. The van der Waals surface area contributed by atoms with Crippen LogP contribution in [0.5, 0.6) is 0 Å². The van der Waals surface area contributed by atoms with Crippen LogP contribution in [0.3, 0.4) is 0 Å². The van der Waals surface area contributed by atoms with Crippen molar-refractivity contribution in [1.82, 2.24) is 49.8 Å². The van der Waals surface area contributed by atoms with E-state index in [1.54, 1.807) is 12.4 Å². The summed E-state index contributed by atoms with van der Waals surface area (Å²) in [4.78, 5) is 49.0. The van der Waals surface area contributed by atoms with E-state index >= 15 is 0 Å². The second-order valence-corrected chi connectivity index (χ2v) is 22.7. The highest BCUT2D eigenvalue weighted by Crippen LogP contribution is 2.40. The van der Waals surface area contributed by atoms with Crippen molar-refractivity contribution < 1.29 is 0 Å². The standard InChI is InChI=1S/2C41H25N5/c1-2-8-27(9-3-1)39-31-10-4-5-11-35(31)46-41-32(39)19-15-28-17-21-34(45-40(28)41)30-18-20-33(43-25-30)29-14-13-26-16-22-37(44-38(26)24-29)36-12-6-7-23-42-36;1-2-8-27(9-3-1)39-31-10-4-5-11-33(31)45-41-32(39)19-15-28-17-22-37(46-40(28)41)35-20-18-30(25-43-35)29-14-13-26-16-21-36(44-38(26)24-29)34-12-6-7-23-42-34/h2*1-25H. The lowest BCUT2D eigenvalue weighted by atomic mass is 9.95. The van der Waals surface area contributed by atoms with E-state index in [0.29, 0.717) is 0 Å². The van der Waals surface area contributed by atoms with Crippen molar-refractivity contribution in [3.8, 4) is 90.1 Å². The third-order valence-corrected chi connectivity index (χ3v) is 17.1. The van der Waals surface area contributed by atoms with Gasteiger partial charge in [0.2, 0.25) is 0 Å². The van der Waals surface area contributed by atoms with Crippen LogP contribution in [0.1, 0.15) is 0 Å². The molecular formula is C82H50N10. The van der Waals surface area contributed by atoms with E-state index in [1.807, 2.05) is 103 Å². The summed E-state index contributed by atoms with van der Waals surface area (Å²) in [5, 5.41) is 8.69. The molecule has 10 nitrogen and oxygen atoms in total. The number of fused-ring (bicyclic) bond motifs is 10. The number of aromatic nitrogens is 10. The maximum absolute atomic E-state index is 5.18. The Bertz CT molecular complexity index is 5490. The van der Waals surface area contributed by atoms with Crippen LogP contribution in [-0.2, 0) is 0 Å². The highest BCUT2D eigenvalue weighted by molar-refractivity contribution is 6.17. The van der Waals surface area contributed by atoms with Gasteiger partial charge in [0, 0.05) is 95.7 Å². The average molecular weight is 1180 g/mol. The van der Waals surface area contributed by atoms with Gasteiger partial charge in [0.25, 0.3) is 0 Å². The van der Waals surface area contributed by atoms with E-state index in [4.69, 9.17) is 39.9 Å². The normalized spacial score (nSPS) is 11.5. The molecule has 0 saturated carbocycles. The van der Waals surface area contributed by atoms with Crippen LogP contribution in [-0.4, -0.2) is 49.8 Å². The summed E-state index contributed by atoms with van der Waals surface area (Å²) in [6.45, 7) is 0. The fourth-order valence-electron chi connectivity index (χ4n) is 12.5. The molecule has 0 bridgehead atoms. The fourth-order valence-corrected chi connectivity index (χ4v) is 12.5. The minimum atomic E-state index is 0.808. The molecule has 0 unspecified atom stereocenters. The molecule has 10 heterocycles. The van der Waals surface area contributed by atoms with E-state index < -0.39 is 0 Å². The molecule has 92 heavy (non-hydrogen) atoms. The molecule has 0 N–H and O–H groups in total. The molecule has 10 heteroatoms. The van der Waals surface area contributed by atoms with E-state index in [-0.39, 0.29) is 0 Å². The lowest BCUT2D eigenvalue weighted by Crippen LogP contribution is -1.94. The number of para-hydroxylation sites is 2. The van der Waals surface area contributed by atoms with Crippen molar-refractivity contribution >= 4 is 87.2 Å². The Morgan fingerprint density at radius 2 is 0.587 bits per heavy atom. The molecule has 0 aliphatic heterocycles. The number of rotatable bonds is 8. The van der Waals surface area contributed by atoms with E-state index in [2.05, 4.69) is 198 Å². The molecule has 0 spiro atoms. The van der Waals surface area contributed by atoms with Gasteiger partial charge in [0.05, 0.1) is 89.7 Å². The molecule has 0 fully saturated rings. The van der Waals surface area contributed by atoms with Gasteiger partial charge >= 0.3 is 0 Å². The van der Waals surface area contributed by atoms with Crippen LogP contribution in [0.4, 0.5) is 0 Å². The molecule has 428 valence electrons. The summed E-state index contributed by atoms with van der Waals surface area (Å²) in [7, 11) is 0. The first-order chi connectivity index (χ1) is 45.6. The summed E-state index contributed by atoms with van der Waals surface area (Å²) >= 11 is 0. The van der Waals surface area contributed by atoms with Crippen molar-refractivity contribution in [2.45, 2.75) is 0 Å². The number of hydrogen-bond acceptors (Lipinski definition) is 10. The average Bonchev–Trinajstić information content (AvgIpc) is 0.757. The second-order valence-electron chi connectivity index (χ2n) is 22.7. The zero-order valence-electron chi connectivity index (χ0n) is 49.3. The third kappa shape index (κ3) is 9.90. The Labute approximate surface area is 528 Å². The fraction of sp³-hybridized carbons (Fsp3) is 0. The van der Waals surface area contributed by atoms with Crippen molar-refractivity contribution in [3.05, 3.63) is 304 Å². The van der Waals surface area contributed by atoms with Crippen molar-refractivity contribution in [3.63, 3.8) is 0 Å². The summed E-state index contributed by atoms with van der Waals surface area (Å²) in [5.41, 5.74) is 22.7. The number of hydrogen-bond donors (Lipinski definition) is 0. The first-order valence-corrected chi connectivity index (χ1v) is 30.5. The van der Waals surface area contributed by atoms with Gasteiger partial charge in [-0.15, -0.1) is 0 Å². The second kappa shape index (κ2) is 22.8. The Balaban J connectivity index is 0.000000141. The van der Waals surface area contributed by atoms with Gasteiger partial charge in [-0.2, -0.15) is 0 Å². The van der Waals surface area contributed by atoms with E-state index in [9.17, 15) is 0 Å². The van der Waals surface area contributed by atoms with Crippen LogP contribution in [0, 0.1) is 0 Å². The van der Waals surface area contributed by atoms with Gasteiger partial charge in [-0.1, -0.05) is 188 Å². The molecule has 0 saturated heterocycles. The van der Waals surface area contributed by atoms with E-state index in [0.717, 1.165) is 161 Å². The highest BCUT2D eigenvalue weighted by Gasteiger charge is 2.18. The van der Waals surface area contributed by atoms with Gasteiger partial charge in [0.15, 0.2) is 0 Å². The smallest absolute Gasteiger partial charge is 0.0978 e. The Morgan fingerprint density at radius 3 is 1.12 bits per heavy atom. The third-order valence-electron chi connectivity index (χ3n) is 17.1. The van der Waals surface area contributed by atoms with Gasteiger partial charge in [-0.25, -0.2) is 29.9 Å². The number of nitrogens with zero attached hydrogens (tertiary/aromatic N) is 10. The van der Waals surface area contributed by atoms with Crippen molar-refractivity contribution in [2.24, 2.45) is 0 Å². The lowest BCUT2D eigenvalue weighted by molar-refractivity contribution is 1.27. The molecule has 8 aromatic carbocycles. The van der Waals surface area contributed by atoms with E-state index in [1.165, 1.54) is 16.7 Å². The minimum absolute atomic E-state index is 0.808. The molecular weight excluding hydrogens is 1120 g/mol. The minimum Gasteiger partial charge on any atom is -0.256 e. The zero-order chi connectivity index (χ0) is 60.9. The summed E-state index contributed by atoms with van der Waals surface area (Å²) in [6.07, 6.45) is 7.39. The molecule has 0 aliphatic carbocycles. The van der Waals surface area contributed by atoms with Crippen LogP contribution >= 0.6 is 0 Å². The van der Waals surface area contributed by atoms with Crippen LogP contribution in [0.2, 0.25) is 0 Å². The van der Waals surface area contributed by atoms with Crippen molar-refractivity contribution in [2.75, 3.05) is 0 Å². The Morgan fingerprint density at radius 1 is 0.185 bits per heavy atom. The molecule has 0 aliphatic rings. The molecule has 0 atom stereocenters. The molecule has 0 radical (unpaired) electrons. The Hall–Kier alpha value is -12.7. The zero-order valence-corrected chi connectivity index (χ0v) is 49.3. The molecule has 18 rings (SSSR count). The van der Waals surface area contributed by atoms with Crippen LogP contribution in [0.25, 0.3) is 177 Å². The van der Waals surface area contributed by atoms with Gasteiger partial charge in [-0.3, -0.25) is 19.9 Å². The molecule has 0 amide bonds. The highest BCUT2D eigenvalue weighted by atomic mass is 14.8. The van der Waals surface area contributed by atoms with Crippen molar-refractivity contribution in [1.29, 1.82) is 0 Å². The maximum atomic E-state index is 5.18. The predicted molar refractivity (Wildman–Crippen MR) is 374 cm³/mol.